The summed E-state index contributed by atoms with van der Waals surface area (Å²) >= 11 is 0. The molecule has 0 radical (unpaired) electrons. The topological polar surface area (TPSA) is 24.4 Å². The molecule has 1 heterocycles. The van der Waals surface area contributed by atoms with Crippen LogP contribution in [-0.2, 0) is 0 Å². The van der Waals surface area contributed by atoms with E-state index in [9.17, 15) is 0 Å². The number of hydrogen-bond donors (Lipinski definition) is 1. The molecule has 11 heavy (non-hydrogen) atoms. The molecule has 1 rings (SSSR count). The van der Waals surface area contributed by atoms with Crippen LogP contribution < -0.4 is 5.32 Å². The standard InChI is InChI=1S/C9H14N2/c1-8(2)11-9-6-4-3-5-7-10-9/h3-5,7-8H,6H2,1-2H3,(H,10,11). The summed E-state index contributed by atoms with van der Waals surface area (Å²) in [5.74, 6) is 1.05. The minimum atomic E-state index is 0.373. The van der Waals surface area contributed by atoms with Gasteiger partial charge in [0.2, 0.25) is 0 Å². The molecule has 2 nitrogen and oxygen atoms in total. The number of allylic oxidation sites excluding steroid dienone is 2. The molecule has 60 valence electrons. The first-order chi connectivity index (χ1) is 5.29. The van der Waals surface area contributed by atoms with Gasteiger partial charge < -0.3 is 5.32 Å². The van der Waals surface area contributed by atoms with Gasteiger partial charge in [0, 0.05) is 18.7 Å². The second-order valence-corrected chi connectivity index (χ2v) is 2.81. The third-order valence-electron chi connectivity index (χ3n) is 1.32. The van der Waals surface area contributed by atoms with Crippen molar-refractivity contribution in [3.63, 3.8) is 0 Å². The number of rotatable bonds is 1. The molecule has 0 aliphatic carbocycles. The smallest absolute Gasteiger partial charge is 0.104 e. The number of nitrogens with one attached hydrogen (secondary N) is 1. The van der Waals surface area contributed by atoms with Crippen LogP contribution in [-0.4, -0.2) is 11.9 Å². The molecule has 0 bridgehead atoms. The van der Waals surface area contributed by atoms with Crippen LogP contribution >= 0.6 is 0 Å². The lowest BCUT2D eigenvalue weighted by molar-refractivity contribution is 0.824. The molecule has 0 fully saturated rings. The Labute approximate surface area is 67.7 Å². The largest absolute Gasteiger partial charge is 0.350 e. The molecule has 1 aliphatic heterocycles. The second-order valence-electron chi connectivity index (χ2n) is 2.81. The van der Waals surface area contributed by atoms with E-state index in [0.29, 0.717) is 6.04 Å². The third-order valence-corrected chi connectivity index (χ3v) is 1.32. The van der Waals surface area contributed by atoms with Gasteiger partial charge in [-0.2, -0.15) is 0 Å². The molecule has 0 aromatic carbocycles. The number of nitrogens with zero attached hydrogens (tertiary/aromatic N) is 1. The summed E-state index contributed by atoms with van der Waals surface area (Å²) in [6, 6.07) is 0.373. The summed E-state index contributed by atoms with van der Waals surface area (Å²) < 4.78 is 0. The molecule has 0 aromatic rings. The fourth-order valence-electron chi connectivity index (χ4n) is 0.919. The van der Waals surface area contributed by atoms with Crippen LogP contribution in [0.3, 0.4) is 0 Å². The van der Waals surface area contributed by atoms with Gasteiger partial charge in [-0.3, -0.25) is 4.99 Å². The van der Waals surface area contributed by atoms with Crippen LogP contribution in [0.4, 0.5) is 0 Å². The number of amidine groups is 1. The van der Waals surface area contributed by atoms with Gasteiger partial charge in [-0.15, -0.1) is 0 Å². The van der Waals surface area contributed by atoms with Crippen molar-refractivity contribution in [3.8, 4) is 0 Å². The Morgan fingerprint density at radius 1 is 1.45 bits per heavy atom. The summed E-state index contributed by atoms with van der Waals surface area (Å²) in [6.45, 7) is 4.15. The molecular formula is C9H14N2. The van der Waals surface area contributed by atoms with Crippen LogP contribution in [0.2, 0.25) is 0 Å². The van der Waals surface area contributed by atoms with E-state index in [2.05, 4.69) is 30.2 Å². The van der Waals surface area contributed by atoms with E-state index >= 15 is 0 Å². The van der Waals surface area contributed by atoms with Crippen molar-refractivity contribution in [2.45, 2.75) is 26.3 Å². The van der Waals surface area contributed by atoms with Crippen LogP contribution in [0.5, 0.6) is 0 Å². The maximum atomic E-state index is 4.40. The van der Waals surface area contributed by atoms with Crippen molar-refractivity contribution >= 4 is 5.84 Å². The normalized spacial score (nSPS) is 20.5. The molecule has 0 saturated heterocycles. The summed E-state index contributed by atoms with van der Waals surface area (Å²) in [6.07, 6.45) is 8.91. The molecular weight excluding hydrogens is 136 g/mol. The van der Waals surface area contributed by atoms with Gasteiger partial charge >= 0.3 is 0 Å². The van der Waals surface area contributed by atoms with E-state index in [-0.39, 0.29) is 0 Å². The summed E-state index contributed by atoms with van der Waals surface area (Å²) in [4.78, 5) is 4.40. The predicted molar refractivity (Wildman–Crippen MR) is 48.6 cm³/mol. The first-order valence-electron chi connectivity index (χ1n) is 3.94. The van der Waals surface area contributed by atoms with Gasteiger partial charge in [-0.1, -0.05) is 12.2 Å². The minimum Gasteiger partial charge on any atom is -0.350 e. The summed E-state index contributed by atoms with van der Waals surface area (Å²) in [7, 11) is 0. The molecule has 0 unspecified atom stereocenters. The van der Waals surface area contributed by atoms with E-state index in [1.54, 1.807) is 0 Å². The van der Waals surface area contributed by atoms with Gasteiger partial charge in [0.15, 0.2) is 0 Å². The van der Waals surface area contributed by atoms with Gasteiger partial charge in [0.1, 0.15) is 5.84 Å². The Morgan fingerprint density at radius 2 is 2.27 bits per heavy atom. The molecule has 2 heteroatoms. The van der Waals surface area contributed by atoms with Crippen molar-refractivity contribution in [3.05, 3.63) is 24.4 Å². The third kappa shape index (κ3) is 3.03. The highest BCUT2D eigenvalue weighted by atomic mass is 15.0. The zero-order valence-electron chi connectivity index (χ0n) is 7.04. The average Bonchev–Trinajstić information content (AvgIpc) is 2.14. The zero-order chi connectivity index (χ0) is 8.10. The van der Waals surface area contributed by atoms with Crippen molar-refractivity contribution in [2.24, 2.45) is 4.99 Å². The van der Waals surface area contributed by atoms with Gasteiger partial charge in [-0.05, 0) is 19.9 Å². The lowest BCUT2D eigenvalue weighted by Gasteiger charge is -2.03. The molecule has 0 amide bonds. The van der Waals surface area contributed by atoms with E-state index < -0.39 is 0 Å². The molecule has 0 saturated carbocycles. The Balaban J connectivity index is 2.59. The lowest BCUT2D eigenvalue weighted by atomic mass is 10.3. The van der Waals surface area contributed by atoms with Gasteiger partial charge in [0.05, 0.1) is 0 Å². The fraction of sp³-hybridized carbons (Fsp3) is 0.444. The number of hydrogen-bond acceptors (Lipinski definition) is 1. The van der Waals surface area contributed by atoms with E-state index in [1.807, 2.05) is 18.4 Å². The summed E-state index contributed by atoms with van der Waals surface area (Å²) in [5.41, 5.74) is 0. The van der Waals surface area contributed by atoms with E-state index in [0.717, 1.165) is 12.3 Å². The maximum absolute atomic E-state index is 4.40. The number of aliphatic imine (C=N–C) groups is 1. The highest BCUT2D eigenvalue weighted by Gasteiger charge is 1.96. The van der Waals surface area contributed by atoms with Crippen molar-refractivity contribution < 1.29 is 0 Å². The lowest BCUT2D eigenvalue weighted by Crippen LogP contribution is -2.17. The molecule has 0 atom stereocenters. The predicted octanol–water partition coefficient (Wildman–Crippen LogP) is 1.86. The van der Waals surface area contributed by atoms with Gasteiger partial charge in [0.25, 0.3) is 0 Å². The average molecular weight is 150 g/mol. The fourth-order valence-corrected chi connectivity index (χ4v) is 0.919. The van der Waals surface area contributed by atoms with E-state index in [4.69, 9.17) is 0 Å². The van der Waals surface area contributed by atoms with Crippen molar-refractivity contribution in [1.29, 1.82) is 0 Å². The SMILES string of the molecule is CC(C)N=C1CC=CC=CN1. The quantitative estimate of drug-likeness (QED) is 0.606. The first-order valence-corrected chi connectivity index (χ1v) is 3.94. The highest BCUT2D eigenvalue weighted by Crippen LogP contribution is 1.95. The Kier molecular flexibility index (Phi) is 2.90. The first kappa shape index (κ1) is 8.05. The van der Waals surface area contributed by atoms with Crippen LogP contribution in [0.15, 0.2) is 29.4 Å². The summed E-state index contributed by atoms with van der Waals surface area (Å²) in [5, 5.41) is 3.12. The van der Waals surface area contributed by atoms with Crippen LogP contribution in [0, 0.1) is 0 Å². The molecule has 0 aromatic heterocycles. The van der Waals surface area contributed by atoms with Crippen LogP contribution in [0.1, 0.15) is 20.3 Å². The Bertz CT molecular complexity index is 184. The minimum absolute atomic E-state index is 0.373. The molecule has 1 aliphatic rings. The van der Waals surface area contributed by atoms with Crippen molar-refractivity contribution in [1.82, 2.24) is 5.32 Å². The van der Waals surface area contributed by atoms with Crippen LogP contribution in [0.25, 0.3) is 0 Å². The monoisotopic (exact) mass is 150 g/mol. The second kappa shape index (κ2) is 3.96. The van der Waals surface area contributed by atoms with Gasteiger partial charge in [-0.25, -0.2) is 0 Å². The maximum Gasteiger partial charge on any atom is 0.104 e. The van der Waals surface area contributed by atoms with Crippen molar-refractivity contribution in [2.75, 3.05) is 0 Å². The Morgan fingerprint density at radius 3 is 3.00 bits per heavy atom. The molecule has 1 N–H and O–H groups in total. The zero-order valence-corrected chi connectivity index (χ0v) is 7.04. The Hall–Kier alpha value is -1.05. The molecule has 0 spiro atoms. The highest BCUT2D eigenvalue weighted by molar-refractivity contribution is 5.85. The van der Waals surface area contributed by atoms with E-state index in [1.165, 1.54) is 0 Å².